The van der Waals surface area contributed by atoms with Crippen molar-refractivity contribution in [1.82, 2.24) is 15.0 Å². The third-order valence-corrected chi connectivity index (χ3v) is 3.27. The number of anilines is 1. The molecule has 0 atom stereocenters. The van der Waals surface area contributed by atoms with Crippen LogP contribution in [0.25, 0.3) is 0 Å². The van der Waals surface area contributed by atoms with Gasteiger partial charge in [0.1, 0.15) is 0 Å². The summed E-state index contributed by atoms with van der Waals surface area (Å²) >= 11 is 3.33. The molecule has 1 aromatic heterocycles. The molecule has 0 spiro atoms. The predicted molar refractivity (Wildman–Crippen MR) is 74.0 cm³/mol. The van der Waals surface area contributed by atoms with E-state index in [1.54, 1.807) is 30.1 Å². The van der Waals surface area contributed by atoms with Crippen molar-refractivity contribution >= 4 is 27.3 Å². The molecule has 7 nitrogen and oxygen atoms in total. The Morgan fingerprint density at radius 3 is 2.95 bits per heavy atom. The summed E-state index contributed by atoms with van der Waals surface area (Å²) in [6.07, 6.45) is 3.39. The van der Waals surface area contributed by atoms with Crippen LogP contribution in [0.2, 0.25) is 0 Å². The van der Waals surface area contributed by atoms with Gasteiger partial charge in [-0.3, -0.25) is 14.8 Å². The van der Waals surface area contributed by atoms with Crippen molar-refractivity contribution in [2.75, 3.05) is 11.9 Å². The first kappa shape index (κ1) is 13.5. The van der Waals surface area contributed by atoms with E-state index in [4.69, 9.17) is 0 Å². The van der Waals surface area contributed by atoms with Crippen LogP contribution in [0, 0.1) is 17.0 Å². The third kappa shape index (κ3) is 3.28. The molecule has 0 fully saturated rings. The van der Waals surface area contributed by atoms with Gasteiger partial charge in [0.05, 0.1) is 17.7 Å². The van der Waals surface area contributed by atoms with Crippen LogP contribution in [-0.4, -0.2) is 26.5 Å². The Bertz CT molecular complexity index is 585. The number of nitrogens with zero attached hydrogens (tertiary/aromatic N) is 4. The fraction of sp³-hybridized carbons (Fsp3) is 0.273. The van der Waals surface area contributed by atoms with Crippen LogP contribution >= 0.6 is 15.9 Å². The lowest BCUT2D eigenvalue weighted by Gasteiger charge is -2.09. The van der Waals surface area contributed by atoms with Crippen molar-refractivity contribution in [1.29, 1.82) is 0 Å². The van der Waals surface area contributed by atoms with E-state index in [-0.39, 0.29) is 10.6 Å². The van der Waals surface area contributed by atoms with Crippen molar-refractivity contribution in [2.45, 2.75) is 13.5 Å². The van der Waals surface area contributed by atoms with Crippen LogP contribution < -0.4 is 5.32 Å². The fourth-order valence-electron chi connectivity index (χ4n) is 1.66. The number of aromatic nitrogens is 3. The van der Waals surface area contributed by atoms with Gasteiger partial charge in [-0.15, -0.1) is 5.10 Å². The number of hydrogen-bond donors (Lipinski definition) is 1. The molecule has 2 aromatic rings. The second-order valence-electron chi connectivity index (χ2n) is 3.97. The lowest BCUT2D eigenvalue weighted by molar-refractivity contribution is -0.385. The van der Waals surface area contributed by atoms with Crippen molar-refractivity contribution in [3.05, 3.63) is 44.7 Å². The minimum absolute atomic E-state index is 0.105. The minimum Gasteiger partial charge on any atom is -0.382 e. The Balaban J connectivity index is 2.04. The summed E-state index contributed by atoms with van der Waals surface area (Å²) in [6, 6.07) is 3.26. The SMILES string of the molecule is Cc1cc(NCCn2ccnn2)c(Br)cc1[N+](=O)[O-]. The molecule has 2 rings (SSSR count). The summed E-state index contributed by atoms with van der Waals surface area (Å²) in [5.74, 6) is 0. The third-order valence-electron chi connectivity index (χ3n) is 2.61. The first-order valence-electron chi connectivity index (χ1n) is 5.60. The molecule has 100 valence electrons. The minimum atomic E-state index is -0.390. The van der Waals surface area contributed by atoms with Gasteiger partial charge in [0.25, 0.3) is 5.69 Å². The molecule has 0 radical (unpaired) electrons. The summed E-state index contributed by atoms with van der Waals surface area (Å²) in [5, 5.41) is 21.6. The average molecular weight is 326 g/mol. The van der Waals surface area contributed by atoms with E-state index in [0.717, 1.165) is 5.69 Å². The van der Waals surface area contributed by atoms with E-state index in [0.29, 0.717) is 23.1 Å². The molecule has 19 heavy (non-hydrogen) atoms. The van der Waals surface area contributed by atoms with Gasteiger partial charge in [0.2, 0.25) is 0 Å². The number of nitro groups is 1. The van der Waals surface area contributed by atoms with Crippen molar-refractivity contribution in [2.24, 2.45) is 0 Å². The molecular weight excluding hydrogens is 314 g/mol. The Morgan fingerprint density at radius 2 is 2.32 bits per heavy atom. The Morgan fingerprint density at radius 1 is 1.53 bits per heavy atom. The second kappa shape index (κ2) is 5.79. The van der Waals surface area contributed by atoms with Crippen LogP contribution in [0.4, 0.5) is 11.4 Å². The Hall–Kier alpha value is -1.96. The maximum absolute atomic E-state index is 10.8. The quantitative estimate of drug-likeness (QED) is 0.673. The van der Waals surface area contributed by atoms with E-state index in [9.17, 15) is 10.1 Å². The first-order valence-corrected chi connectivity index (χ1v) is 6.39. The molecule has 8 heteroatoms. The monoisotopic (exact) mass is 325 g/mol. The van der Waals surface area contributed by atoms with E-state index in [2.05, 4.69) is 31.6 Å². The lowest BCUT2D eigenvalue weighted by atomic mass is 10.2. The van der Waals surface area contributed by atoms with E-state index >= 15 is 0 Å². The summed E-state index contributed by atoms with van der Waals surface area (Å²) in [7, 11) is 0. The molecule has 0 unspecified atom stereocenters. The normalized spacial score (nSPS) is 10.4. The maximum Gasteiger partial charge on any atom is 0.273 e. The molecule has 0 aliphatic heterocycles. The topological polar surface area (TPSA) is 85.9 Å². The molecule has 0 saturated heterocycles. The smallest absolute Gasteiger partial charge is 0.273 e. The fourth-order valence-corrected chi connectivity index (χ4v) is 2.13. The van der Waals surface area contributed by atoms with E-state index in [1.807, 2.05) is 0 Å². The van der Waals surface area contributed by atoms with E-state index < -0.39 is 0 Å². The van der Waals surface area contributed by atoms with Gasteiger partial charge in [-0.2, -0.15) is 0 Å². The summed E-state index contributed by atoms with van der Waals surface area (Å²) in [6.45, 7) is 3.04. The number of hydrogen-bond acceptors (Lipinski definition) is 5. The van der Waals surface area contributed by atoms with Crippen LogP contribution in [0.15, 0.2) is 29.0 Å². The van der Waals surface area contributed by atoms with Gasteiger partial charge < -0.3 is 5.32 Å². The van der Waals surface area contributed by atoms with Crippen LogP contribution in [0.5, 0.6) is 0 Å². The zero-order chi connectivity index (χ0) is 13.8. The molecule has 0 bridgehead atoms. The highest BCUT2D eigenvalue weighted by atomic mass is 79.9. The number of rotatable bonds is 5. The molecule has 1 heterocycles. The number of benzene rings is 1. The van der Waals surface area contributed by atoms with Gasteiger partial charge in [-0.25, -0.2) is 0 Å². The second-order valence-corrected chi connectivity index (χ2v) is 4.82. The van der Waals surface area contributed by atoms with Crippen molar-refractivity contribution in [3.8, 4) is 0 Å². The van der Waals surface area contributed by atoms with Gasteiger partial charge >= 0.3 is 0 Å². The summed E-state index contributed by atoms with van der Waals surface area (Å²) in [5.41, 5.74) is 1.55. The number of nitrogens with one attached hydrogen (secondary N) is 1. The molecule has 0 saturated carbocycles. The molecule has 1 N–H and O–H groups in total. The number of halogens is 1. The van der Waals surface area contributed by atoms with Crippen molar-refractivity contribution < 1.29 is 4.92 Å². The zero-order valence-electron chi connectivity index (χ0n) is 10.2. The average Bonchev–Trinajstić information content (AvgIpc) is 2.85. The highest BCUT2D eigenvalue weighted by molar-refractivity contribution is 9.10. The largest absolute Gasteiger partial charge is 0.382 e. The van der Waals surface area contributed by atoms with Gasteiger partial charge in [-0.1, -0.05) is 5.21 Å². The maximum atomic E-state index is 10.8. The zero-order valence-corrected chi connectivity index (χ0v) is 11.8. The van der Waals surface area contributed by atoms with Gasteiger partial charge in [-0.05, 0) is 28.9 Å². The molecule has 0 aliphatic carbocycles. The van der Waals surface area contributed by atoms with E-state index in [1.165, 1.54) is 6.07 Å². The first-order chi connectivity index (χ1) is 9.08. The molecular formula is C11H12BrN5O2. The highest BCUT2D eigenvalue weighted by Crippen LogP contribution is 2.30. The Kier molecular flexibility index (Phi) is 4.10. The highest BCUT2D eigenvalue weighted by Gasteiger charge is 2.13. The standard InChI is InChI=1S/C11H12BrN5O2/c1-8-6-10(9(12)7-11(8)17(18)19)13-2-4-16-5-3-14-15-16/h3,5-7,13H,2,4H2,1H3. The summed E-state index contributed by atoms with van der Waals surface area (Å²) in [4.78, 5) is 10.4. The van der Waals surface area contributed by atoms with Crippen LogP contribution in [0.3, 0.4) is 0 Å². The molecule has 0 amide bonds. The number of aryl methyl sites for hydroxylation is 1. The van der Waals surface area contributed by atoms with Gasteiger partial charge in [0.15, 0.2) is 0 Å². The predicted octanol–water partition coefficient (Wildman–Crippen LogP) is 2.37. The lowest BCUT2D eigenvalue weighted by Crippen LogP contribution is -2.11. The number of nitro benzene ring substituents is 1. The van der Waals surface area contributed by atoms with Crippen molar-refractivity contribution in [3.63, 3.8) is 0 Å². The van der Waals surface area contributed by atoms with Crippen LogP contribution in [0.1, 0.15) is 5.56 Å². The van der Waals surface area contributed by atoms with Crippen LogP contribution in [-0.2, 0) is 6.54 Å². The van der Waals surface area contributed by atoms with Gasteiger partial charge in [0, 0.05) is 34.5 Å². The molecule has 0 aliphatic rings. The summed E-state index contributed by atoms with van der Waals surface area (Å²) < 4.78 is 2.38. The Labute approximate surface area is 117 Å². The molecule has 1 aromatic carbocycles.